The lowest BCUT2D eigenvalue weighted by Crippen LogP contribution is -2.47. The smallest absolute Gasteiger partial charge is 0.431 e. The lowest BCUT2D eigenvalue weighted by molar-refractivity contribution is -0.150. The average Bonchev–Trinajstić information content (AvgIpc) is 2.68. The molecular weight excluding hydrogens is 356 g/mol. The molecule has 0 aliphatic carbocycles. The molecule has 1 amide bonds. The summed E-state index contributed by atoms with van der Waals surface area (Å²) in [4.78, 5) is 16.7. The zero-order valence-corrected chi connectivity index (χ0v) is 16.0. The van der Waals surface area contributed by atoms with Crippen LogP contribution in [0, 0.1) is 0 Å². The van der Waals surface area contributed by atoms with E-state index in [1.54, 1.807) is 7.11 Å². The van der Waals surface area contributed by atoms with E-state index in [0.717, 1.165) is 11.6 Å². The third-order valence-electron chi connectivity index (χ3n) is 3.60. The van der Waals surface area contributed by atoms with Crippen LogP contribution in [0.1, 0.15) is 0 Å². The van der Waals surface area contributed by atoms with Crippen LogP contribution in [0.15, 0.2) is 24.4 Å². The van der Waals surface area contributed by atoms with Gasteiger partial charge in [-0.1, -0.05) is 12.2 Å². The van der Waals surface area contributed by atoms with Gasteiger partial charge in [0.05, 0.1) is 52.7 Å². The van der Waals surface area contributed by atoms with Gasteiger partial charge in [0.1, 0.15) is 0 Å². The second kappa shape index (κ2) is 15.4. The Kier molecular flexibility index (Phi) is 13.3. The minimum atomic E-state index is -1.14. The molecule has 10 heteroatoms. The number of nitrogens with two attached hydrogens (primary N) is 1. The number of allylic oxidation sites excluding steroid dienone is 2. The number of ether oxygens (including phenoxy) is 3. The molecule has 156 valence electrons. The van der Waals surface area contributed by atoms with Crippen molar-refractivity contribution in [1.82, 2.24) is 15.1 Å². The van der Waals surface area contributed by atoms with Gasteiger partial charge < -0.3 is 30.1 Å². The van der Waals surface area contributed by atoms with Gasteiger partial charge in [-0.2, -0.15) is 5.06 Å². The number of hydroxylamine groups is 2. The fourth-order valence-corrected chi connectivity index (χ4v) is 2.28. The van der Waals surface area contributed by atoms with Crippen molar-refractivity contribution < 1.29 is 28.9 Å². The molecule has 1 aliphatic heterocycles. The Balaban J connectivity index is 2.23. The molecule has 0 aromatic heterocycles. The van der Waals surface area contributed by atoms with Gasteiger partial charge >= 0.3 is 6.09 Å². The maximum Gasteiger partial charge on any atom is 0.431 e. The summed E-state index contributed by atoms with van der Waals surface area (Å²) in [7, 11) is 1.61. The van der Waals surface area contributed by atoms with E-state index in [0.29, 0.717) is 46.1 Å². The molecular formula is C17H32N4O6. The number of hydrogen-bond donors (Lipinski definition) is 2. The molecule has 0 atom stereocenters. The van der Waals surface area contributed by atoms with Gasteiger partial charge in [-0.05, 0) is 6.08 Å². The van der Waals surface area contributed by atoms with E-state index in [1.165, 1.54) is 0 Å². The minimum Gasteiger partial charge on any atom is -0.463 e. The Morgan fingerprint density at radius 2 is 1.78 bits per heavy atom. The maximum absolute atomic E-state index is 11.4. The van der Waals surface area contributed by atoms with Crippen molar-refractivity contribution in [2.24, 2.45) is 5.73 Å². The number of carbonyl (C=O) groups is 1. The summed E-state index contributed by atoms with van der Waals surface area (Å²) in [5, 5.41) is 14.2. The normalized spacial score (nSPS) is 13.5. The molecule has 27 heavy (non-hydrogen) atoms. The highest BCUT2D eigenvalue weighted by Crippen LogP contribution is 2.05. The van der Waals surface area contributed by atoms with E-state index in [2.05, 4.69) is 0 Å². The molecule has 0 aromatic rings. The van der Waals surface area contributed by atoms with Crippen LogP contribution in [-0.2, 0) is 19.0 Å². The van der Waals surface area contributed by atoms with Crippen molar-refractivity contribution in [3.63, 3.8) is 0 Å². The quantitative estimate of drug-likeness (QED) is 0.282. The largest absolute Gasteiger partial charge is 0.463 e. The van der Waals surface area contributed by atoms with E-state index in [1.807, 2.05) is 34.4 Å². The average molecular weight is 388 g/mol. The zero-order chi connectivity index (χ0) is 19.7. The van der Waals surface area contributed by atoms with Crippen LogP contribution in [0.3, 0.4) is 0 Å². The second-order valence-electron chi connectivity index (χ2n) is 5.57. The summed E-state index contributed by atoms with van der Waals surface area (Å²) in [5.41, 5.74) is 5.66. The standard InChI is InChI=1S/C17H32N4O6/c1-24-11-12-25-13-14-26-15-16-27-21(17(22)23)10-9-20(8-5-18)19-6-3-2-4-7-19/h2-4,6H,5,7-16,18H2,1H3,(H,22,23). The molecule has 1 aliphatic rings. The number of amides is 1. The first kappa shape index (κ1) is 23.3. The number of rotatable bonds is 16. The van der Waals surface area contributed by atoms with Gasteiger partial charge in [0, 0.05) is 32.9 Å². The Bertz CT molecular complexity index is 449. The Labute approximate surface area is 160 Å². The van der Waals surface area contributed by atoms with Crippen molar-refractivity contribution in [3.8, 4) is 0 Å². The molecule has 0 saturated heterocycles. The molecule has 0 fully saturated rings. The summed E-state index contributed by atoms with van der Waals surface area (Å²) >= 11 is 0. The highest BCUT2D eigenvalue weighted by molar-refractivity contribution is 5.63. The number of nitrogens with zero attached hydrogens (tertiary/aromatic N) is 3. The molecule has 3 N–H and O–H groups in total. The predicted molar refractivity (Wildman–Crippen MR) is 99.8 cm³/mol. The third kappa shape index (κ3) is 10.9. The summed E-state index contributed by atoms with van der Waals surface area (Å²) < 4.78 is 15.5. The number of hydrazine groups is 1. The first-order chi connectivity index (χ1) is 13.2. The van der Waals surface area contributed by atoms with Gasteiger partial charge in [0.25, 0.3) is 0 Å². The van der Waals surface area contributed by atoms with Crippen molar-refractivity contribution in [3.05, 3.63) is 24.4 Å². The van der Waals surface area contributed by atoms with E-state index < -0.39 is 6.09 Å². The lowest BCUT2D eigenvalue weighted by atomic mass is 10.4. The highest BCUT2D eigenvalue weighted by atomic mass is 16.7. The monoisotopic (exact) mass is 388 g/mol. The van der Waals surface area contributed by atoms with E-state index in [-0.39, 0.29) is 19.8 Å². The van der Waals surface area contributed by atoms with Crippen LogP contribution < -0.4 is 5.73 Å². The molecule has 1 heterocycles. The van der Waals surface area contributed by atoms with Crippen LogP contribution >= 0.6 is 0 Å². The lowest BCUT2D eigenvalue weighted by Gasteiger charge is -2.35. The fourth-order valence-electron chi connectivity index (χ4n) is 2.28. The molecule has 0 spiro atoms. The topological polar surface area (TPSA) is 110 Å². The first-order valence-corrected chi connectivity index (χ1v) is 9.01. The van der Waals surface area contributed by atoms with E-state index in [4.69, 9.17) is 24.8 Å². The molecule has 0 bridgehead atoms. The summed E-state index contributed by atoms with van der Waals surface area (Å²) in [6.45, 7) is 4.85. The van der Waals surface area contributed by atoms with Crippen LogP contribution in [0.5, 0.6) is 0 Å². The van der Waals surface area contributed by atoms with E-state index >= 15 is 0 Å². The SMILES string of the molecule is COCCOCCOCCON(CCN(CCN)N1C=CC=CC1)C(=O)O. The van der Waals surface area contributed by atoms with Gasteiger partial charge in [0.2, 0.25) is 0 Å². The van der Waals surface area contributed by atoms with Gasteiger partial charge in [-0.15, -0.1) is 0 Å². The van der Waals surface area contributed by atoms with Crippen LogP contribution in [0.2, 0.25) is 0 Å². The van der Waals surface area contributed by atoms with Crippen molar-refractivity contribution in [2.75, 3.05) is 79.5 Å². The number of hydrogen-bond acceptors (Lipinski definition) is 8. The summed E-state index contributed by atoms with van der Waals surface area (Å²) in [6.07, 6.45) is 6.70. The predicted octanol–water partition coefficient (Wildman–Crippen LogP) is 0.139. The Morgan fingerprint density at radius 3 is 2.37 bits per heavy atom. The maximum atomic E-state index is 11.4. The van der Waals surface area contributed by atoms with Gasteiger partial charge in [-0.3, -0.25) is 4.84 Å². The highest BCUT2D eigenvalue weighted by Gasteiger charge is 2.17. The number of methoxy groups -OCH3 is 1. The van der Waals surface area contributed by atoms with Crippen LogP contribution in [0.4, 0.5) is 4.79 Å². The summed E-state index contributed by atoms with van der Waals surface area (Å²) in [5.74, 6) is 0. The minimum absolute atomic E-state index is 0.146. The van der Waals surface area contributed by atoms with Crippen molar-refractivity contribution >= 4 is 6.09 Å². The zero-order valence-electron chi connectivity index (χ0n) is 16.0. The Morgan fingerprint density at radius 1 is 1.07 bits per heavy atom. The van der Waals surface area contributed by atoms with Crippen LogP contribution in [-0.4, -0.2) is 106 Å². The number of carboxylic acid groups (broad SMARTS) is 1. The van der Waals surface area contributed by atoms with Gasteiger partial charge in [0.15, 0.2) is 0 Å². The first-order valence-electron chi connectivity index (χ1n) is 9.01. The van der Waals surface area contributed by atoms with Gasteiger partial charge in [-0.25, -0.2) is 9.80 Å². The summed E-state index contributed by atoms with van der Waals surface area (Å²) in [6, 6.07) is 0. The van der Waals surface area contributed by atoms with E-state index in [9.17, 15) is 9.90 Å². The fraction of sp³-hybridized carbons (Fsp3) is 0.706. The molecule has 1 rings (SSSR count). The molecule has 10 nitrogen and oxygen atoms in total. The molecule has 0 radical (unpaired) electrons. The second-order valence-corrected chi connectivity index (χ2v) is 5.57. The van der Waals surface area contributed by atoms with Crippen LogP contribution in [0.25, 0.3) is 0 Å². The van der Waals surface area contributed by atoms with Crippen molar-refractivity contribution in [2.45, 2.75) is 0 Å². The molecule has 0 saturated carbocycles. The van der Waals surface area contributed by atoms with Crippen molar-refractivity contribution in [1.29, 1.82) is 0 Å². The molecule has 0 unspecified atom stereocenters. The Hall–Kier alpha value is -1.69. The third-order valence-corrected chi connectivity index (χ3v) is 3.60. The molecule has 0 aromatic carbocycles.